The largest absolute Gasteiger partial charge is 0.352 e. The average molecular weight is 375 g/mol. The first kappa shape index (κ1) is 19.0. The van der Waals surface area contributed by atoms with Crippen LogP contribution in [0.4, 0.5) is 0 Å². The van der Waals surface area contributed by atoms with E-state index in [-0.39, 0.29) is 23.8 Å². The third kappa shape index (κ3) is 3.95. The molecule has 1 heterocycles. The molecule has 1 aliphatic carbocycles. The third-order valence-electron chi connectivity index (χ3n) is 5.24. The monoisotopic (exact) mass is 374 g/mol. The Morgan fingerprint density at radius 3 is 2.23 bits per heavy atom. The van der Waals surface area contributed by atoms with Gasteiger partial charge in [-0.1, -0.05) is 37.8 Å². The van der Waals surface area contributed by atoms with Gasteiger partial charge < -0.3 is 5.32 Å². The highest BCUT2D eigenvalue weighted by Crippen LogP contribution is 2.26. The van der Waals surface area contributed by atoms with Crippen LogP contribution < -0.4 is 5.32 Å². The molecule has 0 spiro atoms. The van der Waals surface area contributed by atoms with Crippen LogP contribution in [0.25, 0.3) is 0 Å². The number of fused-ring (bicyclic) bond motifs is 1. The minimum atomic E-state index is -0.738. The van der Waals surface area contributed by atoms with Crippen LogP contribution in [-0.2, 0) is 4.79 Å². The lowest BCUT2D eigenvalue weighted by Gasteiger charge is -2.27. The second-order valence-corrected chi connectivity index (χ2v) is 8.01. The van der Waals surface area contributed by atoms with Crippen molar-refractivity contribution in [1.29, 1.82) is 0 Å². The summed E-state index contributed by atoms with van der Waals surface area (Å²) in [5.74, 6) is -0.184. The average Bonchev–Trinajstić information content (AvgIpc) is 2.82. The van der Waals surface area contributed by atoms with Crippen molar-refractivity contribution in [2.75, 3.05) is 12.0 Å². The van der Waals surface area contributed by atoms with Crippen LogP contribution in [0.1, 0.15) is 65.7 Å². The van der Waals surface area contributed by atoms with Crippen LogP contribution in [-0.4, -0.2) is 46.7 Å². The number of carbonyl (C=O) groups is 3. The molecule has 0 aromatic heterocycles. The maximum absolute atomic E-state index is 13.0. The molecular formula is C20H26N2O3S. The number of nitrogens with one attached hydrogen (secondary N) is 1. The molecule has 1 N–H and O–H groups in total. The molecule has 3 rings (SSSR count). The number of thioether (sulfide) groups is 1. The van der Waals surface area contributed by atoms with Gasteiger partial charge >= 0.3 is 0 Å². The molecular weight excluding hydrogens is 348 g/mol. The topological polar surface area (TPSA) is 66.5 Å². The molecule has 5 nitrogen and oxygen atoms in total. The Kier molecular flexibility index (Phi) is 6.35. The van der Waals surface area contributed by atoms with Crippen molar-refractivity contribution in [1.82, 2.24) is 10.2 Å². The summed E-state index contributed by atoms with van der Waals surface area (Å²) in [7, 11) is 0. The highest BCUT2D eigenvalue weighted by atomic mass is 32.2. The zero-order valence-electron chi connectivity index (χ0n) is 15.2. The highest BCUT2D eigenvalue weighted by Gasteiger charge is 2.42. The maximum Gasteiger partial charge on any atom is 0.262 e. The molecule has 6 heteroatoms. The summed E-state index contributed by atoms with van der Waals surface area (Å²) in [6.07, 6.45) is 9.04. The molecule has 0 radical (unpaired) electrons. The number of nitrogens with zero attached hydrogens (tertiary/aromatic N) is 1. The first-order valence-electron chi connectivity index (χ1n) is 9.39. The van der Waals surface area contributed by atoms with E-state index in [1.165, 1.54) is 17.7 Å². The summed E-state index contributed by atoms with van der Waals surface area (Å²) >= 11 is 1.61. The minimum Gasteiger partial charge on any atom is -0.352 e. The fraction of sp³-hybridized carbons (Fsp3) is 0.550. The van der Waals surface area contributed by atoms with Crippen molar-refractivity contribution >= 4 is 29.5 Å². The number of carbonyl (C=O) groups excluding carboxylic acids is 3. The van der Waals surface area contributed by atoms with Crippen molar-refractivity contribution in [3.05, 3.63) is 35.4 Å². The fourth-order valence-electron chi connectivity index (χ4n) is 3.82. The van der Waals surface area contributed by atoms with E-state index in [0.717, 1.165) is 31.4 Å². The van der Waals surface area contributed by atoms with Crippen LogP contribution in [0.3, 0.4) is 0 Å². The van der Waals surface area contributed by atoms with Gasteiger partial charge in [0.15, 0.2) is 0 Å². The normalized spacial score (nSPS) is 19.2. The SMILES string of the molecule is CSCCC(C(=O)NC1CCCCCC1)N1C(=O)c2ccccc2C1=O. The van der Waals surface area contributed by atoms with Gasteiger partial charge in [0, 0.05) is 6.04 Å². The molecule has 1 unspecified atom stereocenters. The number of benzene rings is 1. The van der Waals surface area contributed by atoms with E-state index in [1.807, 2.05) is 6.26 Å². The van der Waals surface area contributed by atoms with Gasteiger partial charge in [0.25, 0.3) is 11.8 Å². The molecule has 0 saturated heterocycles. The van der Waals surface area contributed by atoms with E-state index in [4.69, 9.17) is 0 Å². The van der Waals surface area contributed by atoms with Gasteiger partial charge in [-0.3, -0.25) is 19.3 Å². The minimum absolute atomic E-state index is 0.150. The van der Waals surface area contributed by atoms with Crippen LogP contribution in [0, 0.1) is 0 Å². The summed E-state index contributed by atoms with van der Waals surface area (Å²) in [5, 5.41) is 3.12. The van der Waals surface area contributed by atoms with Crippen molar-refractivity contribution in [2.45, 2.75) is 57.0 Å². The molecule has 1 fully saturated rings. The Morgan fingerprint density at radius 2 is 1.69 bits per heavy atom. The van der Waals surface area contributed by atoms with Gasteiger partial charge in [-0.2, -0.15) is 11.8 Å². The Bertz CT molecular complexity index is 648. The predicted octanol–water partition coefficient (Wildman–Crippen LogP) is 3.24. The smallest absolute Gasteiger partial charge is 0.262 e. The lowest BCUT2D eigenvalue weighted by atomic mass is 10.1. The highest BCUT2D eigenvalue weighted by molar-refractivity contribution is 7.98. The van der Waals surface area contributed by atoms with Crippen molar-refractivity contribution < 1.29 is 14.4 Å². The molecule has 3 amide bonds. The molecule has 1 saturated carbocycles. The van der Waals surface area contributed by atoms with Gasteiger partial charge in [-0.25, -0.2) is 0 Å². The lowest BCUT2D eigenvalue weighted by Crippen LogP contribution is -2.52. The number of rotatable bonds is 6. The third-order valence-corrected chi connectivity index (χ3v) is 5.88. The molecule has 140 valence electrons. The molecule has 2 aliphatic rings. The fourth-order valence-corrected chi connectivity index (χ4v) is 4.28. The first-order valence-corrected chi connectivity index (χ1v) is 10.8. The maximum atomic E-state index is 13.0. The number of hydrogen-bond donors (Lipinski definition) is 1. The van der Waals surface area contributed by atoms with Crippen molar-refractivity contribution in [3.8, 4) is 0 Å². The van der Waals surface area contributed by atoms with Crippen LogP contribution in [0.2, 0.25) is 0 Å². The number of imide groups is 1. The standard InChI is InChI=1S/C20H26N2O3S/c1-26-13-12-17(18(23)21-14-8-4-2-3-5-9-14)22-19(24)15-10-6-7-11-16(15)20(22)25/h6-7,10-11,14,17H,2-5,8-9,12-13H2,1H3,(H,21,23). The van der Waals surface area contributed by atoms with Crippen LogP contribution in [0.5, 0.6) is 0 Å². The second-order valence-electron chi connectivity index (χ2n) is 7.02. The van der Waals surface area contributed by atoms with Crippen LogP contribution in [0.15, 0.2) is 24.3 Å². The zero-order chi connectivity index (χ0) is 18.5. The van der Waals surface area contributed by atoms with E-state index in [2.05, 4.69) is 5.32 Å². The second kappa shape index (κ2) is 8.71. The zero-order valence-corrected chi connectivity index (χ0v) is 16.0. The molecule has 1 atom stereocenters. The quantitative estimate of drug-likeness (QED) is 0.613. The Morgan fingerprint density at radius 1 is 1.12 bits per heavy atom. The summed E-state index contributed by atoms with van der Waals surface area (Å²) < 4.78 is 0. The molecule has 1 aliphatic heterocycles. The predicted molar refractivity (Wildman–Crippen MR) is 103 cm³/mol. The van der Waals surface area contributed by atoms with E-state index < -0.39 is 6.04 Å². The Hall–Kier alpha value is -1.82. The van der Waals surface area contributed by atoms with E-state index in [9.17, 15) is 14.4 Å². The van der Waals surface area contributed by atoms with Crippen molar-refractivity contribution in [3.63, 3.8) is 0 Å². The molecule has 0 bridgehead atoms. The Labute approximate surface area is 158 Å². The molecule has 26 heavy (non-hydrogen) atoms. The molecule has 1 aromatic carbocycles. The summed E-state index contributed by atoms with van der Waals surface area (Å²) in [4.78, 5) is 39.7. The van der Waals surface area contributed by atoms with Gasteiger partial charge in [0.05, 0.1) is 11.1 Å². The Balaban J connectivity index is 1.78. The van der Waals surface area contributed by atoms with E-state index in [0.29, 0.717) is 17.5 Å². The number of amides is 3. The molecule has 1 aromatic rings. The van der Waals surface area contributed by atoms with Gasteiger partial charge in [-0.15, -0.1) is 0 Å². The first-order chi connectivity index (χ1) is 12.6. The van der Waals surface area contributed by atoms with Crippen molar-refractivity contribution in [2.24, 2.45) is 0 Å². The summed E-state index contributed by atoms with van der Waals surface area (Å²) in [6.45, 7) is 0. The van der Waals surface area contributed by atoms with Crippen LogP contribution >= 0.6 is 11.8 Å². The lowest BCUT2D eigenvalue weighted by molar-refractivity contribution is -0.125. The van der Waals surface area contributed by atoms with Gasteiger partial charge in [0.2, 0.25) is 5.91 Å². The summed E-state index contributed by atoms with van der Waals surface area (Å²) in [5.41, 5.74) is 0.794. The van der Waals surface area contributed by atoms with E-state index in [1.54, 1.807) is 36.0 Å². The van der Waals surface area contributed by atoms with E-state index >= 15 is 0 Å². The van der Waals surface area contributed by atoms with Gasteiger partial charge in [-0.05, 0) is 43.4 Å². The summed E-state index contributed by atoms with van der Waals surface area (Å²) in [6, 6.07) is 6.22. The van der Waals surface area contributed by atoms with Gasteiger partial charge in [0.1, 0.15) is 6.04 Å². The number of hydrogen-bond acceptors (Lipinski definition) is 4.